The van der Waals surface area contributed by atoms with Gasteiger partial charge in [-0.05, 0) is 74.5 Å². The maximum atomic E-state index is 12.7. The summed E-state index contributed by atoms with van der Waals surface area (Å²) in [5.41, 5.74) is -2.41. The van der Waals surface area contributed by atoms with Gasteiger partial charge in [-0.3, -0.25) is 14.0 Å². The van der Waals surface area contributed by atoms with Crippen LogP contribution in [-0.4, -0.2) is 94.9 Å². The average Bonchev–Trinajstić information content (AvgIpc) is 3.96. The molecule has 7 atom stereocenters. The lowest BCUT2D eigenvalue weighted by atomic mass is 10.2. The highest BCUT2D eigenvalue weighted by Crippen LogP contribution is 2.38. The maximum absolute atomic E-state index is 12.7. The number of aliphatic hydroxyl groups is 1. The van der Waals surface area contributed by atoms with Crippen LogP contribution in [0.2, 0.25) is 0 Å². The number of ether oxygens (including phenoxy) is 2. The van der Waals surface area contributed by atoms with Crippen LogP contribution < -0.4 is 14.8 Å². The Labute approximate surface area is 340 Å². The van der Waals surface area contributed by atoms with E-state index in [-0.39, 0.29) is 29.8 Å². The van der Waals surface area contributed by atoms with E-state index in [4.69, 9.17) is 19.7 Å². The fourth-order valence-corrected chi connectivity index (χ4v) is 7.28. The summed E-state index contributed by atoms with van der Waals surface area (Å²) >= 11 is 0. The second kappa shape index (κ2) is 23.5. The fourth-order valence-electron chi connectivity index (χ4n) is 6.00. The van der Waals surface area contributed by atoms with Gasteiger partial charge in [0.15, 0.2) is 0 Å². The largest absolute Gasteiger partial charge is 0.507 e. The first kappa shape index (κ1) is 49.9. The molecule has 326 valence electrons. The highest BCUT2D eigenvalue weighted by molar-refractivity contribution is 7.13. The van der Waals surface area contributed by atoms with Crippen LogP contribution in [0, 0.1) is 5.92 Å². The zero-order valence-electron chi connectivity index (χ0n) is 31.9. The van der Waals surface area contributed by atoms with E-state index in [2.05, 4.69) is 45.1 Å². The molecule has 0 radical (unpaired) electrons. The van der Waals surface area contributed by atoms with Crippen molar-refractivity contribution in [3.05, 3.63) is 89.5 Å². The first-order valence-electron chi connectivity index (χ1n) is 18.5. The number of hydrogen-bond donors (Lipinski definition) is 3. The number of halogens is 9. The lowest BCUT2D eigenvalue weighted by Crippen LogP contribution is -2.21. The third-order valence-corrected chi connectivity index (χ3v) is 10.4. The average molecular weight is 893 g/mol. The summed E-state index contributed by atoms with van der Waals surface area (Å²) in [6, 6.07) is 15.0. The third kappa shape index (κ3) is 18.0. The van der Waals surface area contributed by atoms with Crippen molar-refractivity contribution < 1.29 is 59.2 Å². The number of phenols is 1. The van der Waals surface area contributed by atoms with Crippen molar-refractivity contribution in [2.45, 2.75) is 69.4 Å². The lowest BCUT2D eigenvalue weighted by molar-refractivity contribution is -0.140. The Hall–Kier alpha value is -2.48. The van der Waals surface area contributed by atoms with Crippen molar-refractivity contribution in [3.8, 4) is 17.2 Å². The van der Waals surface area contributed by atoms with Gasteiger partial charge in [-0.15, -0.1) is 0 Å². The molecule has 7 rings (SSSR count). The molecule has 3 aromatic carbocycles. The number of rotatable bonds is 4. The minimum atomic E-state index is -4.47. The van der Waals surface area contributed by atoms with Crippen LogP contribution in [0.25, 0.3) is 0 Å². The van der Waals surface area contributed by atoms with Gasteiger partial charge < -0.3 is 25.0 Å². The summed E-state index contributed by atoms with van der Waals surface area (Å²) in [6.45, 7) is 9.53. The van der Waals surface area contributed by atoms with E-state index >= 15 is 0 Å². The Bertz CT molecular complexity index is 1620. The molecule has 8 nitrogen and oxygen atoms in total. The number of β-amino-alcohol motifs (C(OH)–C–C–N with tert-alkyl or cyclic N) is 1. The Morgan fingerprint density at radius 2 is 1.03 bits per heavy atom. The third-order valence-electron chi connectivity index (χ3n) is 9.02. The Morgan fingerprint density at radius 1 is 0.586 bits per heavy atom. The molecular formula is C38H52F9N4O4P3. The molecule has 0 saturated carbocycles. The molecule has 3 aromatic rings. The highest BCUT2D eigenvalue weighted by Gasteiger charge is 2.36. The molecule has 0 spiro atoms. The number of benzene rings is 3. The van der Waals surface area contributed by atoms with Gasteiger partial charge in [-0.25, -0.2) is 0 Å². The summed E-state index contributed by atoms with van der Waals surface area (Å²) in [4.78, 5) is 0. The van der Waals surface area contributed by atoms with Gasteiger partial charge in [-0.2, -0.15) is 39.5 Å². The predicted octanol–water partition coefficient (Wildman–Crippen LogP) is 8.77. The molecule has 0 aromatic heterocycles. The monoisotopic (exact) mass is 892 g/mol. The van der Waals surface area contributed by atoms with Crippen LogP contribution in [0.4, 0.5) is 39.5 Å². The van der Waals surface area contributed by atoms with Gasteiger partial charge >= 0.3 is 18.5 Å². The highest BCUT2D eigenvalue weighted by atomic mass is 31.0. The minimum Gasteiger partial charge on any atom is -0.507 e. The molecule has 4 saturated heterocycles. The van der Waals surface area contributed by atoms with E-state index in [0.29, 0.717) is 13.1 Å². The van der Waals surface area contributed by atoms with Crippen molar-refractivity contribution in [1.82, 2.24) is 19.3 Å². The predicted molar refractivity (Wildman–Crippen MR) is 215 cm³/mol. The number of para-hydroxylation sites is 3. The van der Waals surface area contributed by atoms with Crippen molar-refractivity contribution in [2.24, 2.45) is 5.92 Å². The number of phenolic OH excluding ortho intramolecular Hbond substituents is 1. The lowest BCUT2D eigenvalue weighted by Gasteiger charge is -2.17. The van der Waals surface area contributed by atoms with Crippen LogP contribution in [-0.2, 0) is 18.5 Å². The quantitative estimate of drug-likeness (QED) is 0.178. The Morgan fingerprint density at radius 3 is 1.36 bits per heavy atom. The Balaban J connectivity index is 0.000000203. The van der Waals surface area contributed by atoms with Crippen LogP contribution in [0.1, 0.15) is 49.3 Å². The molecule has 4 fully saturated rings. The van der Waals surface area contributed by atoms with Crippen molar-refractivity contribution in [3.63, 3.8) is 0 Å². The van der Waals surface area contributed by atoms with Gasteiger partial charge in [0.2, 0.25) is 0 Å². The molecule has 3 unspecified atom stereocenters. The fraction of sp³-hybridized carbons (Fsp3) is 0.526. The number of aromatic hydroxyl groups is 1. The molecule has 58 heavy (non-hydrogen) atoms. The zero-order valence-corrected chi connectivity index (χ0v) is 35.4. The van der Waals surface area contributed by atoms with Crippen molar-refractivity contribution >= 4 is 28.2 Å². The Kier molecular flexibility index (Phi) is 20.2. The molecule has 4 aliphatic heterocycles. The summed E-state index contributed by atoms with van der Waals surface area (Å²) in [7, 11) is 7.83. The van der Waals surface area contributed by atoms with E-state index in [0.717, 1.165) is 75.6 Å². The van der Waals surface area contributed by atoms with Crippen LogP contribution in [0.3, 0.4) is 0 Å². The summed E-state index contributed by atoms with van der Waals surface area (Å²) in [6.07, 6.45) is -9.80. The zero-order chi connectivity index (χ0) is 43.1. The van der Waals surface area contributed by atoms with E-state index in [1.165, 1.54) is 55.9 Å². The molecule has 4 heterocycles. The van der Waals surface area contributed by atoms with E-state index < -0.39 is 41.0 Å². The van der Waals surface area contributed by atoms with Crippen molar-refractivity contribution in [1.29, 1.82) is 0 Å². The van der Waals surface area contributed by atoms with E-state index in [9.17, 15) is 39.5 Å². The summed E-state index contributed by atoms with van der Waals surface area (Å²) in [5.74, 6) is 0.0338. The van der Waals surface area contributed by atoms with Gasteiger partial charge in [-0.1, -0.05) is 71.5 Å². The van der Waals surface area contributed by atoms with Crippen LogP contribution in [0.15, 0.2) is 72.8 Å². The number of alkyl halides is 9. The van der Waals surface area contributed by atoms with Crippen molar-refractivity contribution in [2.75, 3.05) is 52.4 Å². The number of nitrogens with one attached hydrogen (secondary N) is 1. The summed E-state index contributed by atoms with van der Waals surface area (Å²) in [5, 5.41) is 20.6. The molecule has 0 amide bonds. The molecule has 0 aliphatic carbocycles. The van der Waals surface area contributed by atoms with Crippen LogP contribution >= 0.6 is 28.2 Å². The first-order chi connectivity index (χ1) is 27.1. The number of aliphatic hydroxyl groups excluding tert-OH is 1. The van der Waals surface area contributed by atoms with Gasteiger partial charge in [0.05, 0.1) is 22.8 Å². The van der Waals surface area contributed by atoms with E-state index in [1.807, 2.05) is 9.34 Å². The SMILES string of the molecule is C[C@@H]1CCN(P)C1.FC(F)(F)c1ccccc1O[C@H]1CCN(P)C1.FC(F)(F)c1ccccc1O[C@H]1CCNC1.O[C@@H]1CCN(P)C1.Oc1ccccc1C(F)(F)F. The second-order valence-corrected chi connectivity index (χ2v) is 16.3. The second-order valence-electron chi connectivity index (χ2n) is 14.1. The standard InChI is InChI=1S/C11H13F3NOP.C11H12F3NO.C7H5F3O.C5H12NP.C4H10NOP/c12-11(13,14)9-3-1-2-4-10(9)16-8-5-6-15(17)7-8;12-11(13,14)9-3-1-2-4-10(9)16-8-5-6-15-7-8;8-7(9,10)5-3-1-2-4-6(5)11;1-5-2-3-6(7)4-5;6-4-1-2-5(7)3-4/h1-4,8H,5-7,17H2;1-4,8,15H,5-7H2;1-4,11H;5H,2-4,7H2,1H3;4,6H,1-3,7H2/t2*8-;;5-;4-/m00.11/s1. The molecule has 3 N–H and O–H groups in total. The topological polar surface area (TPSA) is 80.7 Å². The minimum absolute atomic E-state index is 0.0718. The smallest absolute Gasteiger partial charge is 0.419 e. The maximum Gasteiger partial charge on any atom is 0.419 e. The van der Waals surface area contributed by atoms with Gasteiger partial charge in [0.1, 0.15) is 29.5 Å². The van der Waals surface area contributed by atoms with Gasteiger partial charge in [0, 0.05) is 45.8 Å². The molecule has 4 aliphatic rings. The normalized spacial score (nSPS) is 22.7. The molecule has 0 bridgehead atoms. The first-order valence-corrected chi connectivity index (χ1v) is 20.1. The molecular weight excluding hydrogens is 840 g/mol. The van der Waals surface area contributed by atoms with E-state index in [1.54, 1.807) is 12.1 Å². The van der Waals surface area contributed by atoms with Crippen LogP contribution in [0.5, 0.6) is 17.2 Å². The number of hydrogen-bond acceptors (Lipinski definition) is 8. The summed E-state index contributed by atoms with van der Waals surface area (Å²) < 4.78 is 129. The number of nitrogens with zero attached hydrogens (tertiary/aromatic N) is 3. The van der Waals surface area contributed by atoms with Gasteiger partial charge in [0.25, 0.3) is 0 Å². The molecule has 20 heteroatoms.